The highest BCUT2D eigenvalue weighted by atomic mass is 79.9. The summed E-state index contributed by atoms with van der Waals surface area (Å²) in [5.41, 5.74) is 0.729. The fraction of sp³-hybridized carbons (Fsp3) is 0.417. The first-order chi connectivity index (χ1) is 8.13. The Labute approximate surface area is 109 Å². The number of methoxy groups -OCH3 is 1. The Morgan fingerprint density at radius 2 is 2.18 bits per heavy atom. The second kappa shape index (κ2) is 6.60. The van der Waals surface area contributed by atoms with Gasteiger partial charge in [-0.3, -0.25) is 0 Å². The molecule has 1 aromatic rings. The number of alkyl halides is 1. The fourth-order valence-corrected chi connectivity index (χ4v) is 1.96. The van der Waals surface area contributed by atoms with Crippen molar-refractivity contribution in [3.8, 4) is 11.8 Å². The Bertz CT molecular complexity index is 417. The summed E-state index contributed by atoms with van der Waals surface area (Å²) in [5.74, 6) is 0.545. The molecule has 1 rings (SSSR count). The van der Waals surface area contributed by atoms with Gasteiger partial charge in [-0.25, -0.2) is 0 Å². The summed E-state index contributed by atoms with van der Waals surface area (Å²) in [7, 11) is 1.51. The van der Waals surface area contributed by atoms with Crippen molar-refractivity contribution in [2.45, 2.75) is 18.6 Å². The van der Waals surface area contributed by atoms with Crippen molar-refractivity contribution in [1.82, 2.24) is 0 Å². The van der Waals surface area contributed by atoms with E-state index in [4.69, 9.17) is 10.00 Å². The van der Waals surface area contributed by atoms with Gasteiger partial charge in [0.1, 0.15) is 11.9 Å². The fourth-order valence-electron chi connectivity index (χ4n) is 1.49. The quantitative estimate of drug-likeness (QED) is 0.812. The highest BCUT2D eigenvalue weighted by Crippen LogP contribution is 2.26. The molecule has 2 N–H and O–H groups in total. The smallest absolute Gasteiger partial charge is 0.119 e. The largest absolute Gasteiger partial charge is 0.497 e. The van der Waals surface area contributed by atoms with E-state index >= 15 is 0 Å². The molecule has 0 radical (unpaired) electrons. The molecule has 2 unspecified atom stereocenters. The highest BCUT2D eigenvalue weighted by molar-refractivity contribution is 9.09. The predicted molar refractivity (Wildman–Crippen MR) is 67.1 cm³/mol. The summed E-state index contributed by atoms with van der Waals surface area (Å²) in [4.78, 5) is 0. The molecule has 0 saturated carbocycles. The number of nitriles is 1. The van der Waals surface area contributed by atoms with Crippen molar-refractivity contribution in [2.24, 2.45) is 0 Å². The van der Waals surface area contributed by atoms with E-state index in [-0.39, 0.29) is 0 Å². The molecule has 0 bridgehead atoms. The molecule has 0 aromatic heterocycles. The summed E-state index contributed by atoms with van der Waals surface area (Å²) >= 11 is 3.19. The lowest BCUT2D eigenvalue weighted by molar-refractivity contribution is 0.0171. The minimum atomic E-state index is -1.09. The van der Waals surface area contributed by atoms with Crippen molar-refractivity contribution >= 4 is 15.9 Å². The maximum atomic E-state index is 9.97. The molecule has 4 nitrogen and oxygen atoms in total. The Hall–Kier alpha value is -1.09. The van der Waals surface area contributed by atoms with Crippen molar-refractivity contribution in [3.05, 3.63) is 29.3 Å². The Morgan fingerprint density at radius 1 is 1.47 bits per heavy atom. The second-order valence-electron chi connectivity index (χ2n) is 3.55. The van der Waals surface area contributed by atoms with Crippen LogP contribution >= 0.6 is 15.9 Å². The number of ether oxygens (including phenoxy) is 1. The first-order valence-corrected chi connectivity index (χ1v) is 6.26. The number of hydrogen-bond acceptors (Lipinski definition) is 4. The summed E-state index contributed by atoms with van der Waals surface area (Å²) < 4.78 is 5.03. The summed E-state index contributed by atoms with van der Waals surface area (Å²) in [6, 6.07) is 6.77. The number of aliphatic hydroxyl groups excluding tert-OH is 2. The van der Waals surface area contributed by atoms with Crippen LogP contribution in [0.15, 0.2) is 18.2 Å². The van der Waals surface area contributed by atoms with Gasteiger partial charge in [0, 0.05) is 10.9 Å². The van der Waals surface area contributed by atoms with Gasteiger partial charge in [-0.15, -0.1) is 0 Å². The Balaban J connectivity index is 3.05. The third-order valence-electron chi connectivity index (χ3n) is 2.47. The van der Waals surface area contributed by atoms with Crippen molar-refractivity contribution in [2.75, 3.05) is 12.4 Å². The number of nitrogens with zero attached hydrogens (tertiary/aromatic N) is 1. The van der Waals surface area contributed by atoms with E-state index in [1.807, 2.05) is 6.07 Å². The van der Waals surface area contributed by atoms with E-state index in [1.54, 1.807) is 18.2 Å². The van der Waals surface area contributed by atoms with E-state index in [0.29, 0.717) is 28.6 Å². The van der Waals surface area contributed by atoms with Crippen LogP contribution in [-0.4, -0.2) is 28.8 Å². The van der Waals surface area contributed by atoms with Gasteiger partial charge in [-0.2, -0.15) is 5.26 Å². The molecular weight excluding hydrogens is 286 g/mol. The van der Waals surface area contributed by atoms with Gasteiger partial charge in [0.2, 0.25) is 0 Å². The third-order valence-corrected chi connectivity index (χ3v) is 2.93. The highest BCUT2D eigenvalue weighted by Gasteiger charge is 2.21. The van der Waals surface area contributed by atoms with Crippen LogP contribution in [0.1, 0.15) is 23.7 Å². The Morgan fingerprint density at radius 3 is 2.71 bits per heavy atom. The number of halogens is 1. The van der Waals surface area contributed by atoms with Crippen LogP contribution in [0.5, 0.6) is 5.75 Å². The molecule has 0 aliphatic heterocycles. The second-order valence-corrected chi connectivity index (χ2v) is 4.35. The van der Waals surface area contributed by atoms with Gasteiger partial charge in [0.05, 0.1) is 24.8 Å². The summed E-state index contributed by atoms with van der Waals surface area (Å²) in [6.07, 6.45) is -1.59. The van der Waals surface area contributed by atoms with Gasteiger partial charge >= 0.3 is 0 Å². The van der Waals surface area contributed by atoms with Crippen LogP contribution in [0.2, 0.25) is 0 Å². The molecule has 0 spiro atoms. The van der Waals surface area contributed by atoms with E-state index in [9.17, 15) is 10.2 Å². The number of benzene rings is 1. The van der Waals surface area contributed by atoms with Gasteiger partial charge in [-0.05, 0) is 24.6 Å². The van der Waals surface area contributed by atoms with E-state index < -0.39 is 12.2 Å². The Kier molecular flexibility index (Phi) is 5.42. The lowest BCUT2D eigenvalue weighted by atomic mass is 9.98. The van der Waals surface area contributed by atoms with Crippen molar-refractivity contribution in [1.29, 1.82) is 5.26 Å². The molecule has 2 atom stereocenters. The molecule has 17 heavy (non-hydrogen) atoms. The molecule has 5 heteroatoms. The zero-order valence-corrected chi connectivity index (χ0v) is 11.0. The molecular formula is C12H14BrNO3. The molecule has 0 heterocycles. The number of aliphatic hydroxyl groups is 2. The number of hydrogen-bond donors (Lipinski definition) is 2. The van der Waals surface area contributed by atoms with Gasteiger partial charge in [0.15, 0.2) is 0 Å². The monoisotopic (exact) mass is 299 g/mol. The maximum Gasteiger partial charge on any atom is 0.119 e. The molecule has 0 saturated heterocycles. The van der Waals surface area contributed by atoms with Crippen LogP contribution in [0, 0.1) is 11.3 Å². The van der Waals surface area contributed by atoms with Gasteiger partial charge in [0.25, 0.3) is 0 Å². The maximum absolute atomic E-state index is 9.97. The zero-order valence-electron chi connectivity index (χ0n) is 9.43. The van der Waals surface area contributed by atoms with E-state index in [2.05, 4.69) is 15.9 Å². The lowest BCUT2D eigenvalue weighted by Gasteiger charge is -2.18. The molecule has 1 aromatic carbocycles. The van der Waals surface area contributed by atoms with Crippen LogP contribution in [-0.2, 0) is 0 Å². The number of rotatable bonds is 5. The van der Waals surface area contributed by atoms with E-state index in [0.717, 1.165) is 0 Å². The third kappa shape index (κ3) is 3.43. The van der Waals surface area contributed by atoms with Gasteiger partial charge < -0.3 is 14.9 Å². The standard InChI is InChI=1S/C12H14BrNO3/c1-17-9-3-2-8(7-14)10(6-9)12(16)11(15)4-5-13/h2-3,6,11-12,15-16H,4-5H2,1H3. The molecule has 0 aliphatic carbocycles. The van der Waals surface area contributed by atoms with Crippen LogP contribution in [0.3, 0.4) is 0 Å². The topological polar surface area (TPSA) is 73.5 Å². The average molecular weight is 300 g/mol. The summed E-state index contributed by atoms with van der Waals surface area (Å²) in [6.45, 7) is 0. The van der Waals surface area contributed by atoms with Gasteiger partial charge in [-0.1, -0.05) is 15.9 Å². The molecule has 0 fully saturated rings. The van der Waals surface area contributed by atoms with Crippen LogP contribution in [0.25, 0.3) is 0 Å². The van der Waals surface area contributed by atoms with Crippen molar-refractivity contribution < 1.29 is 14.9 Å². The first kappa shape index (κ1) is 14.0. The minimum absolute atomic E-state index is 0.340. The van der Waals surface area contributed by atoms with Crippen LogP contribution in [0.4, 0.5) is 0 Å². The SMILES string of the molecule is COc1ccc(C#N)c(C(O)C(O)CCBr)c1. The molecule has 92 valence electrons. The normalized spacial score (nSPS) is 13.8. The lowest BCUT2D eigenvalue weighted by Crippen LogP contribution is -2.19. The predicted octanol–water partition coefficient (Wildman–Crippen LogP) is 1.75. The van der Waals surface area contributed by atoms with Crippen LogP contribution < -0.4 is 4.74 Å². The first-order valence-electron chi connectivity index (χ1n) is 5.14. The molecule has 0 amide bonds. The summed E-state index contributed by atoms with van der Waals surface area (Å²) in [5, 5.41) is 29.2. The molecule has 0 aliphatic rings. The minimum Gasteiger partial charge on any atom is -0.497 e. The van der Waals surface area contributed by atoms with E-state index in [1.165, 1.54) is 7.11 Å². The average Bonchev–Trinajstić information content (AvgIpc) is 2.37. The van der Waals surface area contributed by atoms with Crippen molar-refractivity contribution in [3.63, 3.8) is 0 Å². The zero-order chi connectivity index (χ0) is 12.8.